The minimum absolute atomic E-state index is 0.0601. The molecule has 192 valence electrons. The highest BCUT2D eigenvalue weighted by Gasteiger charge is 2.33. The van der Waals surface area contributed by atoms with Crippen molar-refractivity contribution < 1.29 is 18.9 Å². The summed E-state index contributed by atoms with van der Waals surface area (Å²) in [5.41, 5.74) is 2.26. The van der Waals surface area contributed by atoms with Crippen LogP contribution in [0.3, 0.4) is 0 Å². The van der Waals surface area contributed by atoms with Gasteiger partial charge in [0.15, 0.2) is 4.80 Å². The van der Waals surface area contributed by atoms with Crippen LogP contribution in [0.4, 0.5) is 5.69 Å². The number of nitro groups is 1. The molecule has 0 saturated heterocycles. The topological polar surface area (TPSA) is 117 Å². The second-order valence-corrected chi connectivity index (χ2v) is 9.70. The number of hydrogen-bond acceptors (Lipinski definition) is 8. The monoisotopic (exact) mass is 529 g/mol. The molecule has 38 heavy (non-hydrogen) atoms. The van der Waals surface area contributed by atoms with Gasteiger partial charge >= 0.3 is 5.97 Å². The lowest BCUT2D eigenvalue weighted by Crippen LogP contribution is -2.39. The molecule has 10 heteroatoms. The number of rotatable bonds is 6. The van der Waals surface area contributed by atoms with Gasteiger partial charge in [-0.05, 0) is 50.1 Å². The number of esters is 1. The molecule has 2 aromatic heterocycles. The average molecular weight is 530 g/mol. The molecule has 0 fully saturated rings. The first kappa shape index (κ1) is 25.1. The maximum absolute atomic E-state index is 13.7. The molecule has 0 unspecified atom stereocenters. The minimum Gasteiger partial charge on any atom is -0.463 e. The van der Waals surface area contributed by atoms with Gasteiger partial charge in [-0.25, -0.2) is 9.79 Å². The fourth-order valence-electron chi connectivity index (χ4n) is 4.45. The van der Waals surface area contributed by atoms with E-state index in [1.807, 2.05) is 30.3 Å². The van der Waals surface area contributed by atoms with Crippen molar-refractivity contribution in [3.05, 3.63) is 119 Å². The molecule has 0 spiro atoms. The van der Waals surface area contributed by atoms with Gasteiger partial charge in [0.2, 0.25) is 0 Å². The molecule has 0 saturated carbocycles. The number of benzene rings is 2. The molecule has 0 N–H and O–H groups in total. The van der Waals surface area contributed by atoms with E-state index >= 15 is 0 Å². The number of fused-ring (bicyclic) bond motifs is 1. The SMILES string of the molecule is CCOC(=O)C1=C(C)N=c2s/c(=C/c3ccc(-c4ccc(C)cc4[N+](=O)[O-])o3)c(=O)n2[C@@H]1c1ccccc1. The van der Waals surface area contributed by atoms with Crippen LogP contribution in [0.25, 0.3) is 17.4 Å². The first-order valence-corrected chi connectivity index (χ1v) is 12.7. The minimum atomic E-state index is -0.698. The van der Waals surface area contributed by atoms with Crippen LogP contribution >= 0.6 is 11.3 Å². The highest BCUT2D eigenvalue weighted by atomic mass is 32.1. The Bertz CT molecular complexity index is 1780. The summed E-state index contributed by atoms with van der Waals surface area (Å²) in [4.78, 5) is 42.7. The summed E-state index contributed by atoms with van der Waals surface area (Å²) in [6, 6.07) is 16.8. The van der Waals surface area contributed by atoms with E-state index < -0.39 is 16.9 Å². The zero-order valence-corrected chi connectivity index (χ0v) is 21.7. The Morgan fingerprint density at radius 1 is 1.18 bits per heavy atom. The molecule has 1 aliphatic heterocycles. The molecule has 2 aromatic carbocycles. The Hall–Kier alpha value is -4.57. The summed E-state index contributed by atoms with van der Waals surface area (Å²) in [5.74, 6) is 0.156. The van der Waals surface area contributed by atoms with Crippen LogP contribution in [0.15, 0.2) is 86.1 Å². The van der Waals surface area contributed by atoms with Gasteiger partial charge in [-0.3, -0.25) is 19.5 Å². The molecule has 0 aliphatic carbocycles. The van der Waals surface area contributed by atoms with E-state index in [0.717, 1.165) is 11.1 Å². The van der Waals surface area contributed by atoms with Crippen LogP contribution in [-0.4, -0.2) is 22.1 Å². The van der Waals surface area contributed by atoms with Crippen LogP contribution in [0.2, 0.25) is 0 Å². The Labute approximate surface area is 220 Å². The number of allylic oxidation sites excluding steroid dienone is 1. The first-order valence-electron chi connectivity index (χ1n) is 11.9. The summed E-state index contributed by atoms with van der Waals surface area (Å²) in [6.07, 6.45) is 1.58. The normalized spacial score (nSPS) is 15.2. The van der Waals surface area contributed by atoms with Crippen LogP contribution in [0.5, 0.6) is 0 Å². The van der Waals surface area contributed by atoms with Crippen molar-refractivity contribution >= 4 is 29.1 Å². The number of nitro benzene ring substituents is 1. The largest absolute Gasteiger partial charge is 0.463 e. The third-order valence-electron chi connectivity index (χ3n) is 6.15. The molecule has 3 heterocycles. The Kier molecular flexibility index (Phi) is 6.64. The van der Waals surface area contributed by atoms with Gasteiger partial charge in [-0.1, -0.05) is 47.7 Å². The molecule has 5 rings (SSSR count). The standard InChI is InChI=1S/C28H23N3O6S/c1-4-36-27(33)24-17(3)29-28-30(25(24)18-8-6-5-7-9-18)26(32)23(38-28)15-19-11-13-22(37-19)20-12-10-16(2)14-21(20)31(34)35/h5-15,25H,4H2,1-3H3/b23-15+/t25-/m1/s1. The highest BCUT2D eigenvalue weighted by Crippen LogP contribution is 2.33. The van der Waals surface area contributed by atoms with E-state index in [0.29, 0.717) is 37.7 Å². The quantitative estimate of drug-likeness (QED) is 0.209. The third kappa shape index (κ3) is 4.50. The number of hydrogen-bond donors (Lipinski definition) is 0. The Morgan fingerprint density at radius 3 is 2.66 bits per heavy atom. The highest BCUT2D eigenvalue weighted by molar-refractivity contribution is 7.07. The van der Waals surface area contributed by atoms with E-state index in [9.17, 15) is 19.7 Å². The molecule has 1 aliphatic rings. The predicted molar refractivity (Wildman–Crippen MR) is 142 cm³/mol. The number of aromatic nitrogens is 1. The van der Waals surface area contributed by atoms with Gasteiger partial charge in [0.05, 0.1) is 38.9 Å². The van der Waals surface area contributed by atoms with E-state index in [-0.39, 0.29) is 17.9 Å². The summed E-state index contributed by atoms with van der Waals surface area (Å²) in [6.45, 7) is 5.43. The van der Waals surface area contributed by atoms with Gasteiger partial charge in [0, 0.05) is 12.1 Å². The number of furan rings is 1. The van der Waals surface area contributed by atoms with Gasteiger partial charge in [0.25, 0.3) is 11.2 Å². The summed E-state index contributed by atoms with van der Waals surface area (Å²) < 4.78 is 13.0. The summed E-state index contributed by atoms with van der Waals surface area (Å²) >= 11 is 1.17. The van der Waals surface area contributed by atoms with Crippen molar-refractivity contribution in [2.45, 2.75) is 26.8 Å². The number of aryl methyl sites for hydroxylation is 1. The lowest BCUT2D eigenvalue weighted by atomic mass is 9.96. The predicted octanol–water partition coefficient (Wildman–Crippen LogP) is 4.27. The van der Waals surface area contributed by atoms with Crippen molar-refractivity contribution in [1.29, 1.82) is 0 Å². The number of nitrogens with zero attached hydrogens (tertiary/aromatic N) is 3. The maximum atomic E-state index is 13.7. The fraction of sp³-hybridized carbons (Fsp3) is 0.179. The number of thiazole rings is 1. The number of carbonyl (C=O) groups excluding carboxylic acids is 1. The van der Waals surface area contributed by atoms with Crippen LogP contribution in [-0.2, 0) is 9.53 Å². The number of carbonyl (C=O) groups is 1. The van der Waals surface area contributed by atoms with Gasteiger partial charge < -0.3 is 9.15 Å². The van der Waals surface area contributed by atoms with Crippen molar-refractivity contribution in [3.8, 4) is 11.3 Å². The van der Waals surface area contributed by atoms with Gasteiger partial charge in [0.1, 0.15) is 11.5 Å². The van der Waals surface area contributed by atoms with Crippen molar-refractivity contribution in [2.75, 3.05) is 6.61 Å². The Morgan fingerprint density at radius 2 is 1.95 bits per heavy atom. The lowest BCUT2D eigenvalue weighted by Gasteiger charge is -2.24. The zero-order chi connectivity index (χ0) is 27.0. The van der Waals surface area contributed by atoms with Crippen LogP contribution in [0, 0.1) is 17.0 Å². The first-order chi connectivity index (χ1) is 18.3. The molecule has 9 nitrogen and oxygen atoms in total. The molecule has 0 radical (unpaired) electrons. The van der Waals surface area contributed by atoms with E-state index in [1.165, 1.54) is 22.0 Å². The van der Waals surface area contributed by atoms with Crippen molar-refractivity contribution in [3.63, 3.8) is 0 Å². The van der Waals surface area contributed by atoms with Crippen LogP contribution < -0.4 is 14.9 Å². The fourth-order valence-corrected chi connectivity index (χ4v) is 5.47. The third-order valence-corrected chi connectivity index (χ3v) is 7.13. The molecular weight excluding hydrogens is 506 g/mol. The van der Waals surface area contributed by atoms with Crippen molar-refractivity contribution in [1.82, 2.24) is 4.57 Å². The van der Waals surface area contributed by atoms with E-state index in [4.69, 9.17) is 9.15 Å². The lowest BCUT2D eigenvalue weighted by molar-refractivity contribution is -0.384. The second kappa shape index (κ2) is 10.1. The van der Waals surface area contributed by atoms with Gasteiger partial charge in [-0.2, -0.15) is 0 Å². The van der Waals surface area contributed by atoms with Crippen LogP contribution in [0.1, 0.15) is 36.8 Å². The van der Waals surface area contributed by atoms with E-state index in [2.05, 4.69) is 4.99 Å². The molecular formula is C28H23N3O6S. The zero-order valence-electron chi connectivity index (χ0n) is 20.8. The second-order valence-electron chi connectivity index (χ2n) is 8.69. The number of ether oxygens (including phenoxy) is 1. The molecule has 0 bridgehead atoms. The van der Waals surface area contributed by atoms with Crippen molar-refractivity contribution in [2.24, 2.45) is 4.99 Å². The Balaban J connectivity index is 1.63. The smallest absolute Gasteiger partial charge is 0.338 e. The molecule has 4 aromatic rings. The van der Waals surface area contributed by atoms with Gasteiger partial charge in [-0.15, -0.1) is 0 Å². The molecule has 1 atom stereocenters. The average Bonchev–Trinajstić information content (AvgIpc) is 3.48. The summed E-state index contributed by atoms with van der Waals surface area (Å²) in [5, 5.41) is 11.6. The maximum Gasteiger partial charge on any atom is 0.338 e. The molecule has 0 amide bonds. The van der Waals surface area contributed by atoms with E-state index in [1.54, 1.807) is 51.1 Å². The summed E-state index contributed by atoms with van der Waals surface area (Å²) in [7, 11) is 0.